The number of carbonyl (C=O) groups is 1. The maximum Gasteiger partial charge on any atom is 0.255 e. The molecule has 1 amide bonds. The summed E-state index contributed by atoms with van der Waals surface area (Å²) in [5.74, 6) is 0.526. The molecule has 0 fully saturated rings. The molecule has 0 spiro atoms. The molecular formula is C27H29ClN6O3S. The van der Waals surface area contributed by atoms with E-state index in [2.05, 4.69) is 51.1 Å². The standard InChI is InChI=1S/C27H29ClN6O3S/c1-15-7-8-16(11-19(15)31-25-23-18(29-14-30-25)9-10-22(28)33-23)26(35)32-20-12-17(27(2,3)4)13-21(24(20)37-5)34-38(6)36/h7-14,34H,1-6H3,(H,32,35)(H,29,30,31). The van der Waals surface area contributed by atoms with E-state index in [4.69, 9.17) is 16.3 Å². The number of nitrogens with one attached hydrogen (secondary N) is 3. The van der Waals surface area contributed by atoms with Gasteiger partial charge in [-0.3, -0.25) is 4.79 Å². The third-order valence-electron chi connectivity index (χ3n) is 5.86. The Morgan fingerprint density at radius 2 is 1.76 bits per heavy atom. The highest BCUT2D eigenvalue weighted by Crippen LogP contribution is 2.39. The molecule has 1 unspecified atom stereocenters. The van der Waals surface area contributed by atoms with Gasteiger partial charge in [0.25, 0.3) is 5.91 Å². The highest BCUT2D eigenvalue weighted by atomic mass is 35.5. The molecule has 4 rings (SSSR count). The van der Waals surface area contributed by atoms with Crippen molar-refractivity contribution in [1.29, 1.82) is 0 Å². The van der Waals surface area contributed by atoms with Crippen LogP contribution in [-0.4, -0.2) is 38.4 Å². The summed E-state index contributed by atoms with van der Waals surface area (Å²) >= 11 is 6.09. The maximum atomic E-state index is 13.4. The van der Waals surface area contributed by atoms with Crippen molar-refractivity contribution in [2.45, 2.75) is 33.1 Å². The van der Waals surface area contributed by atoms with Crippen LogP contribution in [0.1, 0.15) is 42.3 Å². The molecule has 0 saturated heterocycles. The van der Waals surface area contributed by atoms with Crippen LogP contribution in [0.5, 0.6) is 5.75 Å². The highest BCUT2D eigenvalue weighted by molar-refractivity contribution is 7.85. The van der Waals surface area contributed by atoms with Gasteiger partial charge in [-0.2, -0.15) is 0 Å². The number of carbonyl (C=O) groups excluding carboxylic acids is 1. The summed E-state index contributed by atoms with van der Waals surface area (Å²) in [7, 11) is 0.174. The van der Waals surface area contributed by atoms with Gasteiger partial charge in [-0.1, -0.05) is 38.4 Å². The lowest BCUT2D eigenvalue weighted by Gasteiger charge is -2.24. The molecule has 9 nitrogen and oxygen atoms in total. The number of ether oxygens (including phenoxy) is 1. The molecule has 0 aliphatic heterocycles. The highest BCUT2D eigenvalue weighted by Gasteiger charge is 2.22. The fourth-order valence-electron chi connectivity index (χ4n) is 3.83. The normalized spacial score (nSPS) is 12.2. The summed E-state index contributed by atoms with van der Waals surface area (Å²) in [4.78, 5) is 26.3. The first-order chi connectivity index (χ1) is 18.0. The number of nitrogens with zero attached hydrogens (tertiary/aromatic N) is 3. The van der Waals surface area contributed by atoms with Crippen LogP contribution in [0.3, 0.4) is 0 Å². The van der Waals surface area contributed by atoms with Gasteiger partial charge in [-0.05, 0) is 59.9 Å². The van der Waals surface area contributed by atoms with Crippen molar-refractivity contribution in [3.63, 3.8) is 0 Å². The topological polar surface area (TPSA) is 118 Å². The number of aryl methyl sites for hydroxylation is 1. The van der Waals surface area contributed by atoms with Crippen molar-refractivity contribution in [1.82, 2.24) is 15.0 Å². The molecule has 4 aromatic rings. The van der Waals surface area contributed by atoms with Crippen LogP contribution in [0.25, 0.3) is 11.0 Å². The van der Waals surface area contributed by atoms with Gasteiger partial charge >= 0.3 is 0 Å². The number of fused-ring (bicyclic) bond motifs is 1. The summed E-state index contributed by atoms with van der Waals surface area (Å²) in [6, 6.07) is 12.5. The second-order valence-corrected chi connectivity index (χ2v) is 11.2. The third-order valence-corrected chi connectivity index (χ3v) is 6.58. The zero-order chi connectivity index (χ0) is 27.6. The molecule has 2 aromatic heterocycles. The van der Waals surface area contributed by atoms with E-state index >= 15 is 0 Å². The monoisotopic (exact) mass is 552 g/mol. The number of amides is 1. The molecular weight excluding hydrogens is 524 g/mol. The van der Waals surface area contributed by atoms with E-state index in [1.165, 1.54) is 19.7 Å². The lowest BCUT2D eigenvalue weighted by molar-refractivity contribution is 0.102. The summed E-state index contributed by atoms with van der Waals surface area (Å²) in [6.07, 6.45) is 2.97. The summed E-state index contributed by atoms with van der Waals surface area (Å²) in [5.41, 5.74) is 4.87. The van der Waals surface area contributed by atoms with Crippen molar-refractivity contribution in [2.24, 2.45) is 0 Å². The van der Waals surface area contributed by atoms with Crippen LogP contribution < -0.4 is 20.1 Å². The Balaban J connectivity index is 1.69. The second-order valence-electron chi connectivity index (χ2n) is 9.74. The molecule has 0 aliphatic rings. The summed E-state index contributed by atoms with van der Waals surface area (Å²) < 4.78 is 20.5. The Hall–Kier alpha value is -3.76. The van der Waals surface area contributed by atoms with Gasteiger partial charge in [0.1, 0.15) is 28.0 Å². The lowest BCUT2D eigenvalue weighted by atomic mass is 9.86. The number of hydrogen-bond acceptors (Lipinski definition) is 7. The fourth-order valence-corrected chi connectivity index (χ4v) is 4.44. The van der Waals surface area contributed by atoms with E-state index in [9.17, 15) is 9.00 Å². The smallest absolute Gasteiger partial charge is 0.255 e. The minimum absolute atomic E-state index is 0.227. The number of halogens is 1. The molecule has 2 aromatic carbocycles. The Bertz CT molecular complexity index is 1550. The first kappa shape index (κ1) is 27.3. The first-order valence-electron chi connectivity index (χ1n) is 11.7. The van der Waals surface area contributed by atoms with Crippen LogP contribution >= 0.6 is 11.6 Å². The fraction of sp³-hybridized carbons (Fsp3) is 0.259. The molecule has 0 bridgehead atoms. The number of benzene rings is 2. The first-order valence-corrected chi connectivity index (χ1v) is 13.7. The number of methoxy groups -OCH3 is 1. The van der Waals surface area contributed by atoms with Gasteiger partial charge in [-0.15, -0.1) is 0 Å². The molecule has 0 aliphatic carbocycles. The SMILES string of the molecule is COc1c(NC(=O)c2ccc(C)c(Nc3ncnc4ccc(Cl)nc34)c2)cc(C(C)(C)C)cc1NS(C)=O. The Kier molecular flexibility index (Phi) is 7.84. The molecule has 0 saturated carbocycles. The summed E-state index contributed by atoms with van der Waals surface area (Å²) in [6.45, 7) is 8.10. The van der Waals surface area contributed by atoms with Crippen molar-refractivity contribution < 1.29 is 13.7 Å². The van der Waals surface area contributed by atoms with E-state index in [0.717, 1.165) is 11.1 Å². The van der Waals surface area contributed by atoms with Gasteiger partial charge in [-0.25, -0.2) is 19.2 Å². The van der Waals surface area contributed by atoms with Gasteiger partial charge in [0, 0.05) is 17.5 Å². The number of hydrogen-bond donors (Lipinski definition) is 3. The van der Waals surface area contributed by atoms with Crippen molar-refractivity contribution in [3.8, 4) is 5.75 Å². The van der Waals surface area contributed by atoms with E-state index in [-0.39, 0.29) is 11.3 Å². The molecule has 0 radical (unpaired) electrons. The molecule has 11 heteroatoms. The predicted octanol–water partition coefficient (Wildman–Crippen LogP) is 5.99. The molecule has 3 N–H and O–H groups in total. The maximum absolute atomic E-state index is 13.4. The van der Waals surface area contributed by atoms with Crippen LogP contribution in [0.2, 0.25) is 5.15 Å². The van der Waals surface area contributed by atoms with Gasteiger partial charge in [0.05, 0.1) is 24.0 Å². The molecule has 38 heavy (non-hydrogen) atoms. The van der Waals surface area contributed by atoms with Crippen LogP contribution in [-0.2, 0) is 16.4 Å². The molecule has 1 atom stereocenters. The van der Waals surface area contributed by atoms with E-state index in [1.807, 2.05) is 25.1 Å². The zero-order valence-electron chi connectivity index (χ0n) is 22.0. The van der Waals surface area contributed by atoms with E-state index in [1.54, 1.807) is 24.3 Å². The van der Waals surface area contributed by atoms with E-state index < -0.39 is 11.0 Å². The average molecular weight is 553 g/mol. The zero-order valence-corrected chi connectivity index (χ0v) is 23.5. The van der Waals surface area contributed by atoms with Gasteiger partial charge in [0.2, 0.25) is 0 Å². The second kappa shape index (κ2) is 10.9. The quantitative estimate of drug-likeness (QED) is 0.241. The van der Waals surface area contributed by atoms with Crippen molar-refractivity contribution >= 4 is 62.4 Å². The average Bonchev–Trinajstić information content (AvgIpc) is 2.84. The summed E-state index contributed by atoms with van der Waals surface area (Å²) in [5, 5.41) is 6.55. The Morgan fingerprint density at radius 3 is 2.45 bits per heavy atom. The lowest BCUT2D eigenvalue weighted by Crippen LogP contribution is -2.17. The van der Waals surface area contributed by atoms with Crippen molar-refractivity contribution in [2.75, 3.05) is 28.7 Å². The number of pyridine rings is 1. The number of rotatable bonds is 7. The van der Waals surface area contributed by atoms with Crippen LogP contribution in [0.15, 0.2) is 48.8 Å². The van der Waals surface area contributed by atoms with Crippen LogP contribution in [0.4, 0.5) is 22.9 Å². The largest absolute Gasteiger partial charge is 0.492 e. The Morgan fingerprint density at radius 1 is 1.03 bits per heavy atom. The minimum atomic E-state index is -1.33. The molecule has 198 valence electrons. The van der Waals surface area contributed by atoms with Gasteiger partial charge < -0.3 is 20.1 Å². The predicted molar refractivity (Wildman–Crippen MR) is 154 cm³/mol. The Labute approximate surface area is 229 Å². The number of aromatic nitrogens is 3. The van der Waals surface area contributed by atoms with Gasteiger partial charge in [0.15, 0.2) is 11.6 Å². The number of anilines is 4. The van der Waals surface area contributed by atoms with Crippen LogP contribution in [0, 0.1) is 6.92 Å². The minimum Gasteiger partial charge on any atom is -0.492 e. The van der Waals surface area contributed by atoms with Crippen molar-refractivity contribution in [3.05, 3.63) is 70.6 Å². The third kappa shape index (κ3) is 6.03. The van der Waals surface area contributed by atoms with E-state index in [0.29, 0.717) is 50.4 Å². The molecule has 2 heterocycles.